The van der Waals surface area contributed by atoms with Crippen molar-refractivity contribution in [1.29, 1.82) is 5.26 Å². The molecule has 0 heterocycles. The minimum atomic E-state index is 0.0889. The monoisotopic (exact) mass is 367 g/mol. The Morgan fingerprint density at radius 3 is 2.60 bits per heavy atom. The Morgan fingerprint density at radius 2 is 1.95 bits per heavy atom. The molecule has 0 saturated carbocycles. The molecular formula is C15H8BrCl2NO. The Balaban J connectivity index is 2.55. The van der Waals surface area contributed by atoms with Gasteiger partial charge >= 0.3 is 0 Å². The number of aromatic hydroxyl groups is 1. The van der Waals surface area contributed by atoms with E-state index >= 15 is 0 Å². The van der Waals surface area contributed by atoms with Crippen LogP contribution in [0.5, 0.6) is 5.75 Å². The number of benzene rings is 2. The zero-order valence-electron chi connectivity index (χ0n) is 10.1. The topological polar surface area (TPSA) is 44.0 Å². The predicted octanol–water partition coefficient (Wildman–Crippen LogP) is 5.53. The van der Waals surface area contributed by atoms with E-state index in [4.69, 9.17) is 23.2 Å². The minimum Gasteiger partial charge on any atom is -0.507 e. The van der Waals surface area contributed by atoms with E-state index in [-0.39, 0.29) is 5.75 Å². The number of hydrogen-bond donors (Lipinski definition) is 1. The molecule has 0 atom stereocenters. The van der Waals surface area contributed by atoms with Crippen molar-refractivity contribution < 1.29 is 5.11 Å². The van der Waals surface area contributed by atoms with E-state index in [9.17, 15) is 10.4 Å². The molecule has 2 rings (SSSR count). The summed E-state index contributed by atoms with van der Waals surface area (Å²) in [5.41, 5.74) is 1.44. The van der Waals surface area contributed by atoms with Crippen LogP contribution in [-0.4, -0.2) is 5.11 Å². The summed E-state index contributed by atoms with van der Waals surface area (Å²) >= 11 is 15.3. The van der Waals surface area contributed by atoms with Crippen LogP contribution in [0.2, 0.25) is 10.0 Å². The van der Waals surface area contributed by atoms with E-state index in [2.05, 4.69) is 22.0 Å². The van der Waals surface area contributed by atoms with Gasteiger partial charge in [-0.2, -0.15) is 5.26 Å². The second-order valence-corrected chi connectivity index (χ2v) is 5.76. The lowest BCUT2D eigenvalue weighted by atomic mass is 10.0. The summed E-state index contributed by atoms with van der Waals surface area (Å²) in [6.45, 7) is 0. The number of nitriles is 1. The van der Waals surface area contributed by atoms with Crippen LogP contribution in [-0.2, 0) is 0 Å². The SMILES string of the molecule is N#C/C(=C\c1cc(Br)ccc1O)c1ccc(Cl)cc1Cl. The molecule has 0 aromatic heterocycles. The quantitative estimate of drug-likeness (QED) is 0.559. The van der Waals surface area contributed by atoms with E-state index in [1.165, 1.54) is 0 Å². The Morgan fingerprint density at radius 1 is 1.20 bits per heavy atom. The molecule has 100 valence electrons. The first-order chi connectivity index (χ1) is 9.51. The first-order valence-electron chi connectivity index (χ1n) is 5.57. The van der Waals surface area contributed by atoms with Gasteiger partial charge in [-0.15, -0.1) is 0 Å². The molecule has 2 nitrogen and oxygen atoms in total. The fourth-order valence-corrected chi connectivity index (χ4v) is 2.56. The van der Waals surface area contributed by atoms with E-state index in [0.717, 1.165) is 4.47 Å². The minimum absolute atomic E-state index is 0.0889. The highest BCUT2D eigenvalue weighted by Crippen LogP contribution is 2.30. The third-order valence-corrected chi connectivity index (χ3v) is 3.67. The van der Waals surface area contributed by atoms with Crippen LogP contribution in [0.25, 0.3) is 11.6 Å². The maximum absolute atomic E-state index is 9.81. The summed E-state index contributed by atoms with van der Waals surface area (Å²) in [5.74, 6) is 0.0889. The molecule has 0 radical (unpaired) electrons. The van der Waals surface area contributed by atoms with Gasteiger partial charge in [-0.1, -0.05) is 45.2 Å². The lowest BCUT2D eigenvalue weighted by molar-refractivity contribution is 0.474. The third-order valence-electron chi connectivity index (χ3n) is 2.63. The first kappa shape index (κ1) is 14.9. The van der Waals surface area contributed by atoms with E-state index in [0.29, 0.717) is 26.7 Å². The predicted molar refractivity (Wildman–Crippen MR) is 85.8 cm³/mol. The number of nitrogens with zero attached hydrogens (tertiary/aromatic N) is 1. The van der Waals surface area contributed by atoms with Gasteiger partial charge in [-0.25, -0.2) is 0 Å². The molecule has 0 unspecified atom stereocenters. The second-order valence-electron chi connectivity index (χ2n) is 4.00. The molecule has 0 saturated heterocycles. The highest BCUT2D eigenvalue weighted by molar-refractivity contribution is 9.10. The van der Waals surface area contributed by atoms with Crippen LogP contribution in [0, 0.1) is 11.3 Å². The van der Waals surface area contributed by atoms with Crippen molar-refractivity contribution in [3.8, 4) is 11.8 Å². The standard InChI is InChI=1S/C15H8BrCl2NO/c16-11-1-4-15(20)9(6-11)5-10(8-19)13-3-2-12(17)7-14(13)18/h1-7,20H/b10-5+. The van der Waals surface area contributed by atoms with Crippen molar-refractivity contribution in [2.75, 3.05) is 0 Å². The van der Waals surface area contributed by atoms with Crippen molar-refractivity contribution in [3.05, 3.63) is 62.0 Å². The fraction of sp³-hybridized carbons (Fsp3) is 0. The van der Waals surface area contributed by atoms with Crippen molar-refractivity contribution in [2.45, 2.75) is 0 Å². The van der Waals surface area contributed by atoms with Crippen LogP contribution >= 0.6 is 39.1 Å². The van der Waals surface area contributed by atoms with Crippen LogP contribution in [0.15, 0.2) is 40.9 Å². The normalized spacial score (nSPS) is 11.2. The van der Waals surface area contributed by atoms with Gasteiger partial charge < -0.3 is 5.11 Å². The van der Waals surface area contributed by atoms with Crippen molar-refractivity contribution in [2.24, 2.45) is 0 Å². The summed E-state index contributed by atoms with van der Waals surface area (Å²) in [6.07, 6.45) is 1.58. The van der Waals surface area contributed by atoms with Crippen LogP contribution in [0.3, 0.4) is 0 Å². The molecule has 0 fully saturated rings. The van der Waals surface area contributed by atoms with Crippen LogP contribution in [0.4, 0.5) is 0 Å². The van der Waals surface area contributed by atoms with E-state index in [1.54, 1.807) is 42.5 Å². The zero-order valence-corrected chi connectivity index (χ0v) is 13.2. The van der Waals surface area contributed by atoms with Crippen molar-refractivity contribution >= 4 is 50.8 Å². The number of hydrogen-bond acceptors (Lipinski definition) is 2. The fourth-order valence-electron chi connectivity index (χ4n) is 1.67. The average molecular weight is 369 g/mol. The highest BCUT2D eigenvalue weighted by Gasteiger charge is 2.08. The second kappa shape index (κ2) is 6.32. The van der Waals surface area contributed by atoms with Gasteiger partial charge in [0.2, 0.25) is 0 Å². The van der Waals surface area contributed by atoms with Gasteiger partial charge in [-0.05, 0) is 36.4 Å². The van der Waals surface area contributed by atoms with Crippen LogP contribution < -0.4 is 0 Å². The molecule has 0 aliphatic rings. The summed E-state index contributed by atoms with van der Waals surface area (Å²) in [7, 11) is 0. The molecule has 0 aliphatic carbocycles. The summed E-state index contributed by atoms with van der Waals surface area (Å²) in [4.78, 5) is 0. The molecular weight excluding hydrogens is 361 g/mol. The van der Waals surface area contributed by atoms with Gasteiger partial charge in [0.15, 0.2) is 0 Å². The molecule has 0 amide bonds. The Labute approximate surface area is 135 Å². The first-order valence-corrected chi connectivity index (χ1v) is 7.12. The summed E-state index contributed by atoms with van der Waals surface area (Å²) in [6, 6.07) is 12.0. The molecule has 0 bridgehead atoms. The van der Waals surface area contributed by atoms with Crippen molar-refractivity contribution in [3.63, 3.8) is 0 Å². The van der Waals surface area contributed by atoms with Gasteiger partial charge in [0.25, 0.3) is 0 Å². The molecule has 1 N–H and O–H groups in total. The molecule has 0 spiro atoms. The Hall–Kier alpha value is -1.47. The van der Waals surface area contributed by atoms with Gasteiger partial charge in [0, 0.05) is 20.6 Å². The van der Waals surface area contributed by atoms with Crippen molar-refractivity contribution in [1.82, 2.24) is 0 Å². The van der Waals surface area contributed by atoms with Crippen LogP contribution in [0.1, 0.15) is 11.1 Å². The number of rotatable bonds is 2. The number of allylic oxidation sites excluding steroid dienone is 1. The third kappa shape index (κ3) is 3.34. The molecule has 5 heteroatoms. The highest BCUT2D eigenvalue weighted by atomic mass is 79.9. The number of halogens is 3. The van der Waals surface area contributed by atoms with Gasteiger partial charge in [-0.3, -0.25) is 0 Å². The maximum atomic E-state index is 9.81. The largest absolute Gasteiger partial charge is 0.507 e. The van der Waals surface area contributed by atoms with Gasteiger partial charge in [0.05, 0.1) is 16.7 Å². The van der Waals surface area contributed by atoms with E-state index in [1.807, 2.05) is 0 Å². The average Bonchev–Trinajstić information content (AvgIpc) is 2.40. The number of phenolic OH excluding ortho intramolecular Hbond substituents is 1. The lowest BCUT2D eigenvalue weighted by Gasteiger charge is -2.05. The Bertz CT molecular complexity index is 735. The zero-order chi connectivity index (χ0) is 14.7. The number of phenols is 1. The van der Waals surface area contributed by atoms with Gasteiger partial charge in [0.1, 0.15) is 5.75 Å². The molecule has 20 heavy (non-hydrogen) atoms. The Kier molecular flexibility index (Phi) is 4.72. The summed E-state index contributed by atoms with van der Waals surface area (Å²) in [5, 5.41) is 20.0. The molecule has 2 aromatic carbocycles. The van der Waals surface area contributed by atoms with E-state index < -0.39 is 0 Å². The lowest BCUT2D eigenvalue weighted by Crippen LogP contribution is -1.85. The molecule has 2 aromatic rings. The molecule has 0 aliphatic heterocycles. The smallest absolute Gasteiger partial charge is 0.122 e. The maximum Gasteiger partial charge on any atom is 0.122 e. The summed E-state index contributed by atoms with van der Waals surface area (Å²) < 4.78 is 0.807.